The van der Waals surface area contributed by atoms with E-state index in [1.165, 1.54) is 12.1 Å². The minimum atomic E-state index is -0.403. The van der Waals surface area contributed by atoms with Gasteiger partial charge in [0.15, 0.2) is 0 Å². The number of hydrogen-bond acceptors (Lipinski definition) is 5. The van der Waals surface area contributed by atoms with Gasteiger partial charge in [-0.15, -0.1) is 0 Å². The van der Waals surface area contributed by atoms with Crippen molar-refractivity contribution < 1.29 is 4.92 Å². The monoisotopic (exact) mass is 437 g/mol. The summed E-state index contributed by atoms with van der Waals surface area (Å²) in [5, 5.41) is 24.2. The lowest BCUT2D eigenvalue weighted by molar-refractivity contribution is -0.384. The molecule has 33 heavy (non-hydrogen) atoms. The summed E-state index contributed by atoms with van der Waals surface area (Å²) in [5.41, 5.74) is 6.59. The summed E-state index contributed by atoms with van der Waals surface area (Å²) >= 11 is 0. The van der Waals surface area contributed by atoms with Gasteiger partial charge in [0, 0.05) is 31.3 Å². The number of hydrogen-bond donors (Lipinski definition) is 1. The third-order valence-electron chi connectivity index (χ3n) is 5.74. The maximum absolute atomic E-state index is 10.9. The van der Waals surface area contributed by atoms with Crippen LogP contribution < -0.4 is 5.32 Å². The van der Waals surface area contributed by atoms with Crippen LogP contribution in [0.1, 0.15) is 34.0 Å². The number of imidazole rings is 1. The molecule has 0 aliphatic heterocycles. The number of nitro groups is 1. The van der Waals surface area contributed by atoms with Crippen LogP contribution in [0.25, 0.3) is 11.1 Å². The van der Waals surface area contributed by atoms with Gasteiger partial charge in [-0.25, -0.2) is 4.98 Å². The van der Waals surface area contributed by atoms with Crippen molar-refractivity contribution in [2.75, 3.05) is 0 Å². The van der Waals surface area contributed by atoms with E-state index in [1.54, 1.807) is 18.5 Å². The topological polar surface area (TPSA) is 96.8 Å². The fourth-order valence-electron chi connectivity index (χ4n) is 3.93. The van der Waals surface area contributed by atoms with Gasteiger partial charge < -0.3 is 9.88 Å². The van der Waals surface area contributed by atoms with Crippen LogP contribution in [0.15, 0.2) is 79.3 Å². The molecule has 0 aliphatic rings. The van der Waals surface area contributed by atoms with E-state index in [4.69, 9.17) is 0 Å². The number of nitro benzene ring substituents is 1. The highest BCUT2D eigenvalue weighted by Crippen LogP contribution is 2.31. The summed E-state index contributed by atoms with van der Waals surface area (Å²) in [6, 6.07) is 22.5. The second-order valence-electron chi connectivity index (χ2n) is 7.90. The lowest BCUT2D eigenvalue weighted by Crippen LogP contribution is -2.24. The fraction of sp³-hybridized carbons (Fsp3) is 0.154. The molecule has 1 aromatic heterocycles. The first-order valence-electron chi connectivity index (χ1n) is 10.5. The maximum atomic E-state index is 10.9. The number of non-ortho nitro benzene ring substituents is 1. The number of rotatable bonds is 7. The fourth-order valence-corrected chi connectivity index (χ4v) is 3.93. The van der Waals surface area contributed by atoms with Crippen LogP contribution in [0.4, 0.5) is 5.69 Å². The van der Waals surface area contributed by atoms with Gasteiger partial charge in [0.05, 0.1) is 40.8 Å². The molecule has 4 aromatic rings. The zero-order valence-corrected chi connectivity index (χ0v) is 18.4. The van der Waals surface area contributed by atoms with Crippen molar-refractivity contribution in [2.45, 2.75) is 19.5 Å². The van der Waals surface area contributed by atoms with Crippen LogP contribution in [0.5, 0.6) is 0 Å². The molecule has 1 heterocycles. The highest BCUT2D eigenvalue weighted by molar-refractivity contribution is 5.74. The van der Waals surface area contributed by atoms with Crippen molar-refractivity contribution in [3.05, 3.63) is 117 Å². The lowest BCUT2D eigenvalue weighted by atomic mass is 9.92. The average molecular weight is 438 g/mol. The number of benzene rings is 3. The van der Waals surface area contributed by atoms with E-state index in [1.807, 2.05) is 61.1 Å². The summed E-state index contributed by atoms with van der Waals surface area (Å²) in [4.78, 5) is 14.8. The molecule has 1 atom stereocenters. The Balaban J connectivity index is 1.72. The lowest BCUT2D eigenvalue weighted by Gasteiger charge is -2.21. The van der Waals surface area contributed by atoms with E-state index < -0.39 is 4.92 Å². The predicted octanol–water partition coefficient (Wildman–Crippen LogP) is 5.05. The minimum absolute atomic E-state index is 0.0666. The Morgan fingerprint density at radius 2 is 1.88 bits per heavy atom. The SMILES string of the molecule is Cc1ccccc1-c1cc(C(NCc2ccc([N+](=O)[O-])cc2)c2cncn2C)ccc1C#N. The van der Waals surface area contributed by atoms with Crippen LogP contribution in [-0.2, 0) is 13.6 Å². The van der Waals surface area contributed by atoms with Gasteiger partial charge in [0.1, 0.15) is 0 Å². The Hall–Kier alpha value is -4.28. The maximum Gasteiger partial charge on any atom is 0.269 e. The van der Waals surface area contributed by atoms with Crippen molar-refractivity contribution in [1.82, 2.24) is 14.9 Å². The van der Waals surface area contributed by atoms with Crippen LogP contribution in [0.3, 0.4) is 0 Å². The van der Waals surface area contributed by atoms with Gasteiger partial charge >= 0.3 is 0 Å². The van der Waals surface area contributed by atoms with Gasteiger partial charge in [0.2, 0.25) is 0 Å². The van der Waals surface area contributed by atoms with Crippen molar-refractivity contribution in [1.29, 1.82) is 5.26 Å². The highest BCUT2D eigenvalue weighted by atomic mass is 16.6. The summed E-state index contributed by atoms with van der Waals surface area (Å²) in [5.74, 6) is 0. The molecule has 7 nitrogen and oxygen atoms in total. The van der Waals surface area contributed by atoms with E-state index in [0.29, 0.717) is 12.1 Å². The highest BCUT2D eigenvalue weighted by Gasteiger charge is 2.19. The average Bonchev–Trinajstić information content (AvgIpc) is 3.25. The molecule has 7 heteroatoms. The molecular weight excluding hydrogens is 414 g/mol. The Labute approximate surface area is 192 Å². The van der Waals surface area contributed by atoms with E-state index in [2.05, 4.69) is 22.4 Å². The van der Waals surface area contributed by atoms with Crippen molar-refractivity contribution in [2.24, 2.45) is 7.05 Å². The summed E-state index contributed by atoms with van der Waals surface area (Å²) in [6.07, 6.45) is 3.57. The molecule has 4 rings (SSSR count). The standard InChI is InChI=1S/C26H23N5O2/c1-18-5-3-4-6-23(18)24-13-20(9-10-21(24)14-27)26(25-16-28-17-30(25)2)29-15-19-7-11-22(12-8-19)31(32)33/h3-13,16-17,26,29H,15H2,1-2H3. The molecule has 0 saturated carbocycles. The Morgan fingerprint density at radius 3 is 2.52 bits per heavy atom. The Bertz CT molecular complexity index is 1340. The first-order valence-corrected chi connectivity index (χ1v) is 10.5. The zero-order valence-electron chi connectivity index (χ0n) is 18.4. The van der Waals surface area contributed by atoms with Crippen molar-refractivity contribution in [3.63, 3.8) is 0 Å². The van der Waals surface area contributed by atoms with E-state index in [9.17, 15) is 15.4 Å². The van der Waals surface area contributed by atoms with Gasteiger partial charge in [-0.1, -0.05) is 42.5 Å². The minimum Gasteiger partial charge on any atom is -0.336 e. The number of aromatic nitrogens is 2. The molecule has 0 aliphatic carbocycles. The smallest absolute Gasteiger partial charge is 0.269 e. The van der Waals surface area contributed by atoms with Crippen molar-refractivity contribution in [3.8, 4) is 17.2 Å². The molecule has 0 amide bonds. The molecule has 0 saturated heterocycles. The third kappa shape index (κ3) is 4.66. The molecule has 164 valence electrons. The van der Waals surface area contributed by atoms with E-state index >= 15 is 0 Å². The van der Waals surface area contributed by atoms with Crippen LogP contribution >= 0.6 is 0 Å². The van der Waals surface area contributed by atoms with Crippen LogP contribution in [0.2, 0.25) is 0 Å². The van der Waals surface area contributed by atoms with E-state index in [-0.39, 0.29) is 11.7 Å². The normalized spacial score (nSPS) is 11.7. The first-order chi connectivity index (χ1) is 16.0. The summed E-state index contributed by atoms with van der Waals surface area (Å²) in [7, 11) is 1.94. The molecule has 0 radical (unpaired) electrons. The van der Waals surface area contributed by atoms with Crippen molar-refractivity contribution >= 4 is 5.69 Å². The zero-order chi connectivity index (χ0) is 23.4. The second kappa shape index (κ2) is 9.47. The van der Waals surface area contributed by atoms with Crippen LogP contribution in [0, 0.1) is 28.4 Å². The molecule has 0 fully saturated rings. The Morgan fingerprint density at radius 1 is 1.12 bits per heavy atom. The molecule has 0 spiro atoms. The quantitative estimate of drug-likeness (QED) is 0.322. The number of nitrogens with zero attached hydrogens (tertiary/aromatic N) is 4. The van der Waals surface area contributed by atoms with Gasteiger partial charge in [-0.05, 0) is 41.3 Å². The second-order valence-corrected chi connectivity index (χ2v) is 7.90. The Kier molecular flexibility index (Phi) is 6.29. The third-order valence-corrected chi connectivity index (χ3v) is 5.74. The number of nitriles is 1. The van der Waals surface area contributed by atoms with Gasteiger partial charge in [-0.3, -0.25) is 10.1 Å². The molecular formula is C26H23N5O2. The molecule has 3 aromatic carbocycles. The number of nitrogens with one attached hydrogen (secondary N) is 1. The number of aryl methyl sites for hydroxylation is 2. The predicted molar refractivity (Wildman–Crippen MR) is 126 cm³/mol. The van der Waals surface area contributed by atoms with Gasteiger partial charge in [-0.2, -0.15) is 5.26 Å². The molecule has 1 unspecified atom stereocenters. The first kappa shape index (κ1) is 21.9. The summed E-state index contributed by atoms with van der Waals surface area (Å²) < 4.78 is 1.96. The van der Waals surface area contributed by atoms with Crippen LogP contribution in [-0.4, -0.2) is 14.5 Å². The van der Waals surface area contributed by atoms with Gasteiger partial charge in [0.25, 0.3) is 5.69 Å². The summed E-state index contributed by atoms with van der Waals surface area (Å²) in [6.45, 7) is 2.54. The largest absolute Gasteiger partial charge is 0.336 e. The molecule has 1 N–H and O–H groups in total. The van der Waals surface area contributed by atoms with E-state index in [0.717, 1.165) is 33.5 Å². The molecule has 0 bridgehead atoms.